The van der Waals surface area contributed by atoms with Gasteiger partial charge in [0.25, 0.3) is 10.2 Å². The van der Waals surface area contributed by atoms with Crippen molar-refractivity contribution in [3.8, 4) is 0 Å². The topological polar surface area (TPSA) is 40.6 Å². The summed E-state index contributed by atoms with van der Waals surface area (Å²) in [4.78, 5) is 0. The summed E-state index contributed by atoms with van der Waals surface area (Å²) in [6.07, 6.45) is 1.93. The highest BCUT2D eigenvalue weighted by Crippen LogP contribution is 2.18. The highest BCUT2D eigenvalue weighted by Gasteiger charge is 2.29. The van der Waals surface area contributed by atoms with Crippen LogP contribution in [-0.4, -0.2) is 37.2 Å². The van der Waals surface area contributed by atoms with Crippen LogP contribution in [0.15, 0.2) is 28.7 Å². The number of rotatable bonds is 4. The van der Waals surface area contributed by atoms with Gasteiger partial charge in [0.1, 0.15) is 0 Å². The minimum absolute atomic E-state index is 0.409. The lowest BCUT2D eigenvalue weighted by atomic mass is 10.2. The smallest absolute Gasteiger partial charge is 0.195 e. The van der Waals surface area contributed by atoms with Crippen LogP contribution < -0.4 is 0 Å². The Kier molecular flexibility index (Phi) is 4.42. The fourth-order valence-corrected chi connectivity index (χ4v) is 3.73. The Morgan fingerprint density at radius 3 is 2.33 bits per heavy atom. The molecule has 0 saturated carbocycles. The fourth-order valence-electron chi connectivity index (χ4n) is 2.04. The molecule has 1 aromatic rings. The number of hydrogen-bond acceptors (Lipinski definition) is 2. The monoisotopic (exact) mass is 332 g/mol. The van der Waals surface area contributed by atoms with Gasteiger partial charge < -0.3 is 0 Å². The Balaban J connectivity index is 2.06. The summed E-state index contributed by atoms with van der Waals surface area (Å²) < 4.78 is 28.5. The lowest BCUT2D eigenvalue weighted by molar-refractivity contribution is 0.392. The quantitative estimate of drug-likeness (QED) is 0.848. The first-order chi connectivity index (χ1) is 8.50. The SMILES string of the molecule is CN(Cc1ccc(Br)cc1)S(=O)(=O)N1CCCC1. The molecule has 0 radical (unpaired) electrons. The zero-order valence-electron chi connectivity index (χ0n) is 10.3. The first-order valence-corrected chi connectivity index (χ1v) is 8.15. The summed E-state index contributed by atoms with van der Waals surface area (Å²) in [5.41, 5.74) is 0.989. The lowest BCUT2D eigenvalue weighted by Gasteiger charge is -2.23. The van der Waals surface area contributed by atoms with E-state index in [4.69, 9.17) is 0 Å². The fraction of sp³-hybridized carbons (Fsp3) is 0.500. The maximum atomic E-state index is 12.2. The molecular weight excluding hydrogens is 316 g/mol. The predicted octanol–water partition coefficient (Wildman–Crippen LogP) is 2.22. The second-order valence-corrected chi connectivity index (χ2v) is 7.45. The van der Waals surface area contributed by atoms with Gasteiger partial charge in [-0.15, -0.1) is 0 Å². The van der Waals surface area contributed by atoms with Crippen molar-refractivity contribution >= 4 is 26.1 Å². The van der Waals surface area contributed by atoms with Gasteiger partial charge in [0, 0.05) is 31.2 Å². The third-order valence-electron chi connectivity index (χ3n) is 3.10. The lowest BCUT2D eigenvalue weighted by Crippen LogP contribution is -2.39. The summed E-state index contributed by atoms with van der Waals surface area (Å²) >= 11 is 3.36. The molecule has 0 aromatic heterocycles. The maximum absolute atomic E-state index is 12.2. The van der Waals surface area contributed by atoms with Crippen LogP contribution in [0.3, 0.4) is 0 Å². The second kappa shape index (κ2) is 5.69. The standard InChI is InChI=1S/C12H17BrN2O2S/c1-14(10-11-4-6-12(13)7-5-11)18(16,17)15-8-2-3-9-15/h4-7H,2-3,8-10H2,1H3. The summed E-state index contributed by atoms with van der Waals surface area (Å²) in [5.74, 6) is 0. The van der Waals surface area contributed by atoms with E-state index < -0.39 is 10.2 Å². The third-order valence-corrected chi connectivity index (χ3v) is 5.57. The molecular formula is C12H17BrN2O2S. The largest absolute Gasteiger partial charge is 0.282 e. The van der Waals surface area contributed by atoms with E-state index in [9.17, 15) is 8.42 Å². The van der Waals surface area contributed by atoms with Gasteiger partial charge in [-0.1, -0.05) is 28.1 Å². The van der Waals surface area contributed by atoms with E-state index in [-0.39, 0.29) is 0 Å². The van der Waals surface area contributed by atoms with E-state index in [0.29, 0.717) is 19.6 Å². The molecule has 0 N–H and O–H groups in total. The second-order valence-electron chi connectivity index (χ2n) is 4.50. The normalized spacial score (nSPS) is 17.5. The molecule has 100 valence electrons. The zero-order valence-corrected chi connectivity index (χ0v) is 12.7. The Morgan fingerprint density at radius 2 is 1.78 bits per heavy atom. The average Bonchev–Trinajstić information content (AvgIpc) is 2.86. The van der Waals surface area contributed by atoms with Gasteiger partial charge in [0.2, 0.25) is 0 Å². The minimum atomic E-state index is -3.29. The Bertz CT molecular complexity index is 495. The van der Waals surface area contributed by atoms with Crippen LogP contribution in [0.5, 0.6) is 0 Å². The molecule has 1 aliphatic heterocycles. The van der Waals surface area contributed by atoms with Crippen molar-refractivity contribution in [3.05, 3.63) is 34.3 Å². The first-order valence-electron chi connectivity index (χ1n) is 5.96. The van der Waals surface area contributed by atoms with Crippen LogP contribution in [0.1, 0.15) is 18.4 Å². The van der Waals surface area contributed by atoms with E-state index in [0.717, 1.165) is 22.9 Å². The van der Waals surface area contributed by atoms with Crippen molar-refractivity contribution in [1.29, 1.82) is 0 Å². The van der Waals surface area contributed by atoms with Crippen LogP contribution in [0, 0.1) is 0 Å². The van der Waals surface area contributed by atoms with Crippen LogP contribution in [0.2, 0.25) is 0 Å². The van der Waals surface area contributed by atoms with E-state index in [1.54, 1.807) is 11.4 Å². The molecule has 1 saturated heterocycles. The first kappa shape index (κ1) is 14.0. The van der Waals surface area contributed by atoms with Gasteiger partial charge in [-0.2, -0.15) is 17.0 Å². The summed E-state index contributed by atoms with van der Waals surface area (Å²) in [7, 11) is -1.66. The molecule has 0 unspecified atom stereocenters. The van der Waals surface area contributed by atoms with Crippen molar-refractivity contribution in [3.63, 3.8) is 0 Å². The Hall–Kier alpha value is -0.430. The Morgan fingerprint density at radius 1 is 1.22 bits per heavy atom. The molecule has 6 heteroatoms. The highest BCUT2D eigenvalue weighted by molar-refractivity contribution is 9.10. The van der Waals surface area contributed by atoms with Gasteiger partial charge >= 0.3 is 0 Å². The number of nitrogens with zero attached hydrogens (tertiary/aromatic N) is 2. The van der Waals surface area contributed by atoms with Crippen LogP contribution in [-0.2, 0) is 16.8 Å². The van der Waals surface area contributed by atoms with E-state index in [1.165, 1.54) is 4.31 Å². The van der Waals surface area contributed by atoms with Crippen molar-refractivity contribution in [2.24, 2.45) is 0 Å². The zero-order chi connectivity index (χ0) is 13.2. The summed E-state index contributed by atoms with van der Waals surface area (Å²) in [6.45, 7) is 1.70. The molecule has 0 aliphatic carbocycles. The van der Waals surface area contributed by atoms with Crippen LogP contribution in [0.4, 0.5) is 0 Å². The third kappa shape index (κ3) is 3.12. The van der Waals surface area contributed by atoms with Gasteiger partial charge in [-0.05, 0) is 30.5 Å². The van der Waals surface area contributed by atoms with Gasteiger partial charge in [0.15, 0.2) is 0 Å². The number of halogens is 1. The van der Waals surface area contributed by atoms with Crippen LogP contribution in [0.25, 0.3) is 0 Å². The number of benzene rings is 1. The van der Waals surface area contributed by atoms with Crippen molar-refractivity contribution < 1.29 is 8.42 Å². The summed E-state index contributed by atoms with van der Waals surface area (Å²) in [5, 5.41) is 0. The molecule has 0 amide bonds. The summed E-state index contributed by atoms with van der Waals surface area (Å²) in [6, 6.07) is 7.71. The molecule has 1 heterocycles. The molecule has 2 rings (SSSR count). The van der Waals surface area contributed by atoms with Crippen molar-refractivity contribution in [1.82, 2.24) is 8.61 Å². The minimum Gasteiger partial charge on any atom is -0.195 e. The van der Waals surface area contributed by atoms with E-state index in [2.05, 4.69) is 15.9 Å². The van der Waals surface area contributed by atoms with E-state index >= 15 is 0 Å². The van der Waals surface area contributed by atoms with Gasteiger partial charge in [-0.3, -0.25) is 0 Å². The maximum Gasteiger partial charge on any atom is 0.282 e. The molecule has 0 spiro atoms. The van der Waals surface area contributed by atoms with Crippen molar-refractivity contribution in [2.45, 2.75) is 19.4 Å². The highest BCUT2D eigenvalue weighted by atomic mass is 79.9. The number of hydrogen-bond donors (Lipinski definition) is 0. The molecule has 0 atom stereocenters. The van der Waals surface area contributed by atoms with Crippen LogP contribution >= 0.6 is 15.9 Å². The molecule has 1 aliphatic rings. The molecule has 1 fully saturated rings. The molecule has 0 bridgehead atoms. The molecule has 1 aromatic carbocycles. The van der Waals surface area contributed by atoms with Crippen molar-refractivity contribution in [2.75, 3.05) is 20.1 Å². The molecule has 18 heavy (non-hydrogen) atoms. The Labute approximate surface area is 117 Å². The van der Waals surface area contributed by atoms with Gasteiger partial charge in [-0.25, -0.2) is 0 Å². The molecule has 4 nitrogen and oxygen atoms in total. The van der Waals surface area contributed by atoms with E-state index in [1.807, 2.05) is 24.3 Å². The average molecular weight is 333 g/mol. The van der Waals surface area contributed by atoms with Gasteiger partial charge in [0.05, 0.1) is 0 Å². The predicted molar refractivity (Wildman–Crippen MR) is 75.3 cm³/mol.